The van der Waals surface area contributed by atoms with Gasteiger partial charge in [0.2, 0.25) is 0 Å². The number of benzene rings is 2. The van der Waals surface area contributed by atoms with Crippen LogP contribution in [0.3, 0.4) is 0 Å². The Kier molecular flexibility index (Phi) is 7.69. The van der Waals surface area contributed by atoms with Crippen LogP contribution in [0.1, 0.15) is 12.0 Å². The predicted molar refractivity (Wildman–Crippen MR) is 109 cm³/mol. The lowest BCUT2D eigenvalue weighted by molar-refractivity contribution is 0.468. The molecule has 2 aromatic carbocycles. The molecule has 24 heavy (non-hydrogen) atoms. The summed E-state index contributed by atoms with van der Waals surface area (Å²) in [6, 6.07) is 14.8. The number of rotatable bonds is 7. The molecular formula is C18H21ClN2OS2. The lowest BCUT2D eigenvalue weighted by Crippen LogP contribution is -2.40. The van der Waals surface area contributed by atoms with Gasteiger partial charge in [-0.3, -0.25) is 0 Å². The van der Waals surface area contributed by atoms with Crippen LogP contribution in [0.5, 0.6) is 5.75 Å². The van der Waals surface area contributed by atoms with Crippen molar-refractivity contribution in [1.29, 1.82) is 0 Å². The molecule has 0 amide bonds. The molecule has 0 heterocycles. The first kappa shape index (κ1) is 18.9. The molecule has 0 spiro atoms. The summed E-state index contributed by atoms with van der Waals surface area (Å²) in [4.78, 5) is 1.92. The molecule has 0 saturated carbocycles. The van der Waals surface area contributed by atoms with Crippen LogP contribution in [0.2, 0.25) is 5.02 Å². The Morgan fingerprint density at radius 1 is 1.21 bits per heavy atom. The van der Waals surface area contributed by atoms with E-state index in [1.807, 2.05) is 53.1 Å². The monoisotopic (exact) mass is 380 g/mol. The fraction of sp³-hybridized carbons (Fsp3) is 0.278. The molecule has 128 valence electrons. The minimum atomic E-state index is 0.250. The number of thiocarbonyl (C=S) groups is 1. The van der Waals surface area contributed by atoms with Gasteiger partial charge in [0.15, 0.2) is 5.11 Å². The maximum absolute atomic E-state index is 10.1. The minimum Gasteiger partial charge on any atom is -0.508 e. The minimum absolute atomic E-state index is 0.250. The fourth-order valence-corrected chi connectivity index (χ4v) is 3.19. The van der Waals surface area contributed by atoms with Gasteiger partial charge in [-0.1, -0.05) is 41.9 Å². The van der Waals surface area contributed by atoms with Gasteiger partial charge in [0.25, 0.3) is 0 Å². The van der Waals surface area contributed by atoms with Crippen LogP contribution in [0.4, 0.5) is 5.69 Å². The SMILES string of the molecule is CSCCCNC(=S)N(Cc1ccccc1O)c1ccccc1Cl. The maximum atomic E-state index is 10.1. The van der Waals surface area contributed by atoms with E-state index < -0.39 is 0 Å². The van der Waals surface area contributed by atoms with Gasteiger partial charge in [-0.05, 0) is 48.8 Å². The van der Waals surface area contributed by atoms with Crippen LogP contribution in [0.15, 0.2) is 48.5 Å². The van der Waals surface area contributed by atoms with Crippen molar-refractivity contribution >= 4 is 46.4 Å². The van der Waals surface area contributed by atoms with Crippen LogP contribution < -0.4 is 10.2 Å². The smallest absolute Gasteiger partial charge is 0.173 e. The highest BCUT2D eigenvalue weighted by atomic mass is 35.5. The van der Waals surface area contributed by atoms with Crippen molar-refractivity contribution in [3.8, 4) is 5.75 Å². The molecule has 2 aromatic rings. The summed E-state index contributed by atoms with van der Waals surface area (Å²) in [6.45, 7) is 1.26. The number of nitrogens with zero attached hydrogens (tertiary/aromatic N) is 1. The number of hydrogen-bond acceptors (Lipinski definition) is 3. The van der Waals surface area contributed by atoms with Crippen LogP contribution >= 0.6 is 35.6 Å². The van der Waals surface area contributed by atoms with E-state index in [0.717, 1.165) is 30.0 Å². The average molecular weight is 381 g/mol. The summed E-state index contributed by atoms with van der Waals surface area (Å²) in [6.07, 6.45) is 3.13. The van der Waals surface area contributed by atoms with Gasteiger partial charge in [0.05, 0.1) is 17.3 Å². The van der Waals surface area contributed by atoms with Crippen molar-refractivity contribution in [2.75, 3.05) is 23.5 Å². The summed E-state index contributed by atoms with van der Waals surface area (Å²) in [5.41, 5.74) is 1.62. The molecule has 0 fully saturated rings. The Morgan fingerprint density at radius 3 is 2.62 bits per heavy atom. The van der Waals surface area contributed by atoms with Crippen LogP contribution in [-0.4, -0.2) is 28.8 Å². The number of anilines is 1. The molecule has 0 aliphatic rings. The lowest BCUT2D eigenvalue weighted by atomic mass is 10.2. The molecule has 0 radical (unpaired) electrons. The highest BCUT2D eigenvalue weighted by Crippen LogP contribution is 2.28. The number of para-hydroxylation sites is 2. The lowest BCUT2D eigenvalue weighted by Gasteiger charge is -2.27. The maximum Gasteiger partial charge on any atom is 0.173 e. The van der Waals surface area contributed by atoms with Gasteiger partial charge in [0, 0.05) is 12.1 Å². The largest absolute Gasteiger partial charge is 0.508 e. The topological polar surface area (TPSA) is 35.5 Å². The zero-order valence-electron chi connectivity index (χ0n) is 13.5. The number of hydrogen-bond donors (Lipinski definition) is 2. The number of nitrogens with one attached hydrogen (secondary N) is 1. The van der Waals surface area contributed by atoms with E-state index in [1.54, 1.807) is 12.1 Å². The normalized spacial score (nSPS) is 10.4. The van der Waals surface area contributed by atoms with E-state index in [-0.39, 0.29) is 5.75 Å². The van der Waals surface area contributed by atoms with E-state index in [0.29, 0.717) is 16.7 Å². The van der Waals surface area contributed by atoms with Gasteiger partial charge in [-0.25, -0.2) is 0 Å². The first-order valence-electron chi connectivity index (χ1n) is 7.69. The molecule has 0 bridgehead atoms. The van der Waals surface area contributed by atoms with Crippen LogP contribution in [0, 0.1) is 0 Å². The summed E-state index contributed by atoms with van der Waals surface area (Å²) in [5, 5.41) is 14.6. The first-order valence-corrected chi connectivity index (χ1v) is 9.87. The predicted octanol–water partition coefficient (Wildman–Crippen LogP) is 4.68. The number of aromatic hydroxyl groups is 1. The second kappa shape index (κ2) is 9.77. The zero-order valence-corrected chi connectivity index (χ0v) is 15.9. The van der Waals surface area contributed by atoms with Gasteiger partial charge < -0.3 is 15.3 Å². The molecular weight excluding hydrogens is 360 g/mol. The van der Waals surface area contributed by atoms with Gasteiger partial charge in [-0.2, -0.15) is 11.8 Å². The average Bonchev–Trinajstić information content (AvgIpc) is 2.59. The molecule has 6 heteroatoms. The first-order chi connectivity index (χ1) is 11.6. The Labute approximate surface area is 158 Å². The van der Waals surface area contributed by atoms with Crippen molar-refractivity contribution in [1.82, 2.24) is 5.32 Å². The van der Waals surface area contributed by atoms with E-state index >= 15 is 0 Å². The number of halogens is 1. The zero-order chi connectivity index (χ0) is 17.4. The Bertz CT molecular complexity index is 682. The van der Waals surface area contributed by atoms with Crippen molar-refractivity contribution in [2.24, 2.45) is 0 Å². The molecule has 0 saturated heterocycles. The van der Waals surface area contributed by atoms with Gasteiger partial charge in [-0.15, -0.1) is 0 Å². The van der Waals surface area contributed by atoms with Crippen molar-refractivity contribution in [2.45, 2.75) is 13.0 Å². The summed E-state index contributed by atoms with van der Waals surface area (Å²) < 4.78 is 0. The molecule has 3 nitrogen and oxygen atoms in total. The molecule has 0 aliphatic carbocycles. The van der Waals surface area contributed by atoms with E-state index in [1.165, 1.54) is 0 Å². The Hall–Kier alpha value is -1.43. The third-order valence-electron chi connectivity index (χ3n) is 3.51. The second-order valence-corrected chi connectivity index (χ2v) is 7.02. The van der Waals surface area contributed by atoms with E-state index in [4.69, 9.17) is 23.8 Å². The third kappa shape index (κ3) is 5.30. The van der Waals surface area contributed by atoms with Crippen molar-refractivity contribution in [3.63, 3.8) is 0 Å². The summed E-state index contributed by atoms with van der Waals surface area (Å²) >= 11 is 13.7. The quantitative estimate of drug-likeness (QED) is 0.538. The van der Waals surface area contributed by atoms with Gasteiger partial charge >= 0.3 is 0 Å². The molecule has 2 rings (SSSR count). The molecule has 0 aliphatic heterocycles. The number of phenols is 1. The molecule has 2 N–H and O–H groups in total. The third-order valence-corrected chi connectivity index (χ3v) is 4.89. The van der Waals surface area contributed by atoms with Crippen LogP contribution in [0.25, 0.3) is 0 Å². The summed E-state index contributed by atoms with van der Waals surface area (Å²) in [5.74, 6) is 1.33. The Morgan fingerprint density at radius 2 is 1.92 bits per heavy atom. The Balaban J connectivity index is 2.20. The van der Waals surface area contributed by atoms with Crippen molar-refractivity contribution < 1.29 is 5.11 Å². The van der Waals surface area contributed by atoms with Gasteiger partial charge in [0.1, 0.15) is 5.75 Å². The fourth-order valence-electron chi connectivity index (χ4n) is 2.26. The molecule has 0 aromatic heterocycles. The highest BCUT2D eigenvalue weighted by molar-refractivity contribution is 7.98. The van der Waals surface area contributed by atoms with E-state index in [9.17, 15) is 5.11 Å². The second-order valence-electron chi connectivity index (χ2n) is 5.24. The van der Waals surface area contributed by atoms with E-state index in [2.05, 4.69) is 11.6 Å². The highest BCUT2D eigenvalue weighted by Gasteiger charge is 2.16. The van der Waals surface area contributed by atoms with Crippen LogP contribution in [-0.2, 0) is 6.54 Å². The summed E-state index contributed by atoms with van der Waals surface area (Å²) in [7, 11) is 0. The molecule has 0 atom stereocenters. The number of thioether (sulfide) groups is 1. The number of phenolic OH excluding ortho intramolecular Hbond substituents is 1. The standard InChI is InChI=1S/C18H21ClN2OS2/c1-24-12-6-11-20-18(23)21(16-9-4-3-8-15(16)19)13-14-7-2-5-10-17(14)22/h2-5,7-10,22H,6,11-13H2,1H3,(H,20,23). The molecule has 0 unspecified atom stereocenters. The van der Waals surface area contributed by atoms with Crippen molar-refractivity contribution in [3.05, 3.63) is 59.1 Å².